The monoisotopic (exact) mass is 247 g/mol. The van der Waals surface area contributed by atoms with Gasteiger partial charge in [-0.2, -0.15) is 5.26 Å². The molecule has 0 radical (unpaired) electrons. The van der Waals surface area contributed by atoms with E-state index in [4.69, 9.17) is 16.9 Å². The van der Waals surface area contributed by atoms with Gasteiger partial charge in [0, 0.05) is 29.7 Å². The first-order valence-electron chi connectivity index (χ1n) is 5.57. The Morgan fingerprint density at radius 1 is 1.47 bits per heavy atom. The van der Waals surface area contributed by atoms with Crippen molar-refractivity contribution in [3.63, 3.8) is 0 Å². The lowest BCUT2D eigenvalue weighted by Crippen LogP contribution is -2.20. The summed E-state index contributed by atoms with van der Waals surface area (Å²) < 4.78 is 0. The molecule has 4 heteroatoms. The highest BCUT2D eigenvalue weighted by molar-refractivity contribution is 6.36. The Balaban J connectivity index is 2.09. The molecule has 0 fully saturated rings. The van der Waals surface area contributed by atoms with Crippen LogP contribution in [0, 0.1) is 17.2 Å². The molecule has 1 atom stereocenters. The van der Waals surface area contributed by atoms with Crippen molar-refractivity contribution in [3.05, 3.63) is 35.0 Å². The first-order chi connectivity index (χ1) is 8.22. The fraction of sp³-hybridized carbons (Fsp3) is 0.308. The minimum Gasteiger partial charge on any atom is -0.356 e. The zero-order valence-electron chi connectivity index (χ0n) is 9.63. The van der Waals surface area contributed by atoms with Gasteiger partial charge in [0.2, 0.25) is 0 Å². The molecule has 0 bridgehead atoms. The van der Waals surface area contributed by atoms with Gasteiger partial charge in [-0.1, -0.05) is 29.8 Å². The van der Waals surface area contributed by atoms with E-state index < -0.39 is 0 Å². The fourth-order valence-electron chi connectivity index (χ4n) is 1.74. The van der Waals surface area contributed by atoms with Gasteiger partial charge < -0.3 is 10.3 Å². The SMILES string of the molecule is CC(C#N)CNCc1[nH]c2ccccc2c1Cl. The van der Waals surface area contributed by atoms with E-state index in [1.807, 2.05) is 31.2 Å². The van der Waals surface area contributed by atoms with Gasteiger partial charge in [-0.15, -0.1) is 0 Å². The lowest BCUT2D eigenvalue weighted by Gasteiger charge is -2.04. The molecule has 2 aromatic rings. The molecule has 1 aromatic heterocycles. The highest BCUT2D eigenvalue weighted by Gasteiger charge is 2.08. The van der Waals surface area contributed by atoms with E-state index in [1.54, 1.807) is 0 Å². The Labute approximate surface area is 105 Å². The molecule has 2 rings (SSSR count). The number of halogens is 1. The number of aromatic nitrogens is 1. The molecule has 0 saturated carbocycles. The second-order valence-electron chi connectivity index (χ2n) is 4.12. The number of nitrogens with zero attached hydrogens (tertiary/aromatic N) is 1. The van der Waals surface area contributed by atoms with Crippen molar-refractivity contribution < 1.29 is 0 Å². The van der Waals surface area contributed by atoms with Crippen LogP contribution in [0.2, 0.25) is 5.02 Å². The van der Waals surface area contributed by atoms with Gasteiger partial charge in [0.05, 0.1) is 17.0 Å². The highest BCUT2D eigenvalue weighted by atomic mass is 35.5. The molecule has 1 heterocycles. The summed E-state index contributed by atoms with van der Waals surface area (Å²) in [6.45, 7) is 3.21. The number of hydrogen-bond donors (Lipinski definition) is 2. The van der Waals surface area contributed by atoms with Crippen molar-refractivity contribution in [1.29, 1.82) is 5.26 Å². The first-order valence-corrected chi connectivity index (χ1v) is 5.95. The summed E-state index contributed by atoms with van der Waals surface area (Å²) in [5.41, 5.74) is 2.01. The van der Waals surface area contributed by atoms with Crippen molar-refractivity contribution in [2.45, 2.75) is 13.5 Å². The maximum atomic E-state index is 8.68. The predicted octanol–water partition coefficient (Wildman–Crippen LogP) is 3.07. The van der Waals surface area contributed by atoms with E-state index >= 15 is 0 Å². The molecule has 0 saturated heterocycles. The van der Waals surface area contributed by atoms with Gasteiger partial charge in [0.1, 0.15) is 0 Å². The summed E-state index contributed by atoms with van der Waals surface area (Å²) in [6, 6.07) is 10.1. The van der Waals surface area contributed by atoms with Crippen LogP contribution >= 0.6 is 11.6 Å². The maximum absolute atomic E-state index is 8.68. The highest BCUT2D eigenvalue weighted by Crippen LogP contribution is 2.26. The normalized spacial score (nSPS) is 12.5. The van der Waals surface area contributed by atoms with Gasteiger partial charge in [-0.05, 0) is 13.0 Å². The number of nitriles is 1. The Morgan fingerprint density at radius 2 is 2.24 bits per heavy atom. The van der Waals surface area contributed by atoms with Gasteiger partial charge in [-0.25, -0.2) is 0 Å². The summed E-state index contributed by atoms with van der Waals surface area (Å²) >= 11 is 6.27. The largest absolute Gasteiger partial charge is 0.356 e. The van der Waals surface area contributed by atoms with Crippen LogP contribution in [0.15, 0.2) is 24.3 Å². The van der Waals surface area contributed by atoms with Crippen molar-refractivity contribution >= 4 is 22.5 Å². The van der Waals surface area contributed by atoms with Crippen LogP contribution in [-0.4, -0.2) is 11.5 Å². The van der Waals surface area contributed by atoms with E-state index in [-0.39, 0.29) is 5.92 Å². The zero-order valence-corrected chi connectivity index (χ0v) is 10.4. The molecule has 88 valence electrons. The summed E-state index contributed by atoms with van der Waals surface area (Å²) in [5, 5.41) is 13.7. The van der Waals surface area contributed by atoms with E-state index in [0.29, 0.717) is 13.1 Å². The van der Waals surface area contributed by atoms with Crippen molar-refractivity contribution in [1.82, 2.24) is 10.3 Å². The fourth-order valence-corrected chi connectivity index (χ4v) is 2.02. The van der Waals surface area contributed by atoms with Crippen LogP contribution in [0.1, 0.15) is 12.6 Å². The second-order valence-corrected chi connectivity index (χ2v) is 4.50. The van der Waals surface area contributed by atoms with Gasteiger partial charge in [0.15, 0.2) is 0 Å². The molecular formula is C13H14ClN3. The third kappa shape index (κ3) is 2.60. The Morgan fingerprint density at radius 3 is 2.94 bits per heavy atom. The van der Waals surface area contributed by atoms with Crippen LogP contribution in [0.4, 0.5) is 0 Å². The average Bonchev–Trinajstić information content (AvgIpc) is 2.67. The quantitative estimate of drug-likeness (QED) is 0.873. The number of hydrogen-bond acceptors (Lipinski definition) is 2. The average molecular weight is 248 g/mol. The topological polar surface area (TPSA) is 51.6 Å². The first kappa shape index (κ1) is 12.0. The van der Waals surface area contributed by atoms with E-state index in [9.17, 15) is 0 Å². The number of para-hydroxylation sites is 1. The van der Waals surface area contributed by atoms with Crippen LogP contribution < -0.4 is 5.32 Å². The number of nitrogens with one attached hydrogen (secondary N) is 2. The van der Waals surface area contributed by atoms with Crippen LogP contribution in [0.3, 0.4) is 0 Å². The number of aromatic amines is 1. The van der Waals surface area contributed by atoms with E-state index in [1.165, 1.54) is 0 Å². The van der Waals surface area contributed by atoms with E-state index in [0.717, 1.165) is 21.6 Å². The van der Waals surface area contributed by atoms with Crippen molar-refractivity contribution in [3.8, 4) is 6.07 Å². The number of benzene rings is 1. The number of H-pyrrole nitrogens is 1. The molecule has 0 amide bonds. The smallest absolute Gasteiger partial charge is 0.0705 e. The molecule has 17 heavy (non-hydrogen) atoms. The maximum Gasteiger partial charge on any atom is 0.0705 e. The lowest BCUT2D eigenvalue weighted by molar-refractivity contribution is 0.597. The molecule has 3 nitrogen and oxygen atoms in total. The van der Waals surface area contributed by atoms with Crippen LogP contribution in [0.25, 0.3) is 10.9 Å². The molecule has 1 unspecified atom stereocenters. The second kappa shape index (κ2) is 5.22. The van der Waals surface area contributed by atoms with Crippen molar-refractivity contribution in [2.75, 3.05) is 6.54 Å². The summed E-state index contributed by atoms with van der Waals surface area (Å²) in [6.07, 6.45) is 0. The van der Waals surface area contributed by atoms with Crippen LogP contribution in [-0.2, 0) is 6.54 Å². The van der Waals surface area contributed by atoms with Crippen LogP contribution in [0.5, 0.6) is 0 Å². The minimum absolute atomic E-state index is 0.0122. The third-order valence-corrected chi connectivity index (χ3v) is 3.12. The molecule has 2 N–H and O–H groups in total. The lowest BCUT2D eigenvalue weighted by atomic mass is 10.2. The number of fused-ring (bicyclic) bond motifs is 1. The van der Waals surface area contributed by atoms with Gasteiger partial charge >= 0.3 is 0 Å². The number of rotatable bonds is 4. The molecule has 0 aliphatic carbocycles. The molecule has 0 aliphatic rings. The standard InChI is InChI=1S/C13H14ClN3/c1-9(6-15)7-16-8-12-13(14)10-4-2-3-5-11(10)17-12/h2-5,9,16-17H,7-8H2,1H3. The Hall–Kier alpha value is -1.50. The third-order valence-electron chi connectivity index (χ3n) is 2.69. The Bertz CT molecular complexity index is 553. The molecule has 0 spiro atoms. The van der Waals surface area contributed by atoms with Gasteiger partial charge in [0.25, 0.3) is 0 Å². The summed E-state index contributed by atoms with van der Waals surface area (Å²) in [5.74, 6) is 0.0122. The van der Waals surface area contributed by atoms with Gasteiger partial charge in [-0.3, -0.25) is 0 Å². The van der Waals surface area contributed by atoms with Crippen molar-refractivity contribution in [2.24, 2.45) is 5.92 Å². The summed E-state index contributed by atoms with van der Waals surface area (Å²) in [7, 11) is 0. The molecular weight excluding hydrogens is 234 g/mol. The van der Waals surface area contributed by atoms with E-state index in [2.05, 4.69) is 16.4 Å². The minimum atomic E-state index is 0.0122. The molecule has 0 aliphatic heterocycles. The predicted molar refractivity (Wildman–Crippen MR) is 69.8 cm³/mol. The zero-order chi connectivity index (χ0) is 12.3. The summed E-state index contributed by atoms with van der Waals surface area (Å²) in [4.78, 5) is 3.28. The molecule has 1 aromatic carbocycles. The Kier molecular flexibility index (Phi) is 3.68.